The van der Waals surface area contributed by atoms with Gasteiger partial charge in [0.2, 0.25) is 0 Å². The number of para-hydroxylation sites is 1. The molecule has 148 valence electrons. The van der Waals surface area contributed by atoms with Crippen molar-refractivity contribution in [3.8, 4) is 0 Å². The van der Waals surface area contributed by atoms with Gasteiger partial charge in [-0.3, -0.25) is 9.89 Å². The van der Waals surface area contributed by atoms with E-state index in [-0.39, 0.29) is 0 Å². The summed E-state index contributed by atoms with van der Waals surface area (Å²) in [6, 6.07) is 8.87. The number of piperazine rings is 1. The van der Waals surface area contributed by atoms with Crippen molar-refractivity contribution in [2.24, 2.45) is 4.99 Å². The Bertz CT molecular complexity index is 742. The third kappa shape index (κ3) is 4.74. The fourth-order valence-electron chi connectivity index (χ4n) is 3.44. The number of alkyl halides is 3. The second-order valence-electron chi connectivity index (χ2n) is 6.85. The number of aromatic amines is 1. The molecule has 0 saturated carbocycles. The van der Waals surface area contributed by atoms with Gasteiger partial charge in [-0.15, -0.1) is 0 Å². The zero-order chi connectivity index (χ0) is 19.4. The molecule has 0 spiro atoms. The van der Waals surface area contributed by atoms with Gasteiger partial charge in [-0.2, -0.15) is 13.2 Å². The Labute approximate surface area is 157 Å². The van der Waals surface area contributed by atoms with Crippen molar-refractivity contribution >= 4 is 16.9 Å². The number of aromatic nitrogens is 1. The summed E-state index contributed by atoms with van der Waals surface area (Å²) in [5.41, 5.74) is 2.26. The molecule has 1 aliphatic heterocycles. The van der Waals surface area contributed by atoms with E-state index in [9.17, 15) is 13.2 Å². The van der Waals surface area contributed by atoms with Crippen molar-refractivity contribution in [2.45, 2.75) is 25.6 Å². The molecule has 2 aromatic rings. The predicted molar refractivity (Wildman–Crippen MR) is 102 cm³/mol. The van der Waals surface area contributed by atoms with Crippen LogP contribution >= 0.6 is 0 Å². The molecule has 5 nitrogen and oxygen atoms in total. The van der Waals surface area contributed by atoms with Gasteiger partial charge in [0.05, 0.1) is 0 Å². The van der Waals surface area contributed by atoms with Crippen LogP contribution < -0.4 is 5.32 Å². The fraction of sp³-hybridized carbons (Fsp3) is 0.526. The van der Waals surface area contributed by atoms with Crippen molar-refractivity contribution in [1.82, 2.24) is 20.1 Å². The first-order chi connectivity index (χ1) is 12.9. The van der Waals surface area contributed by atoms with Gasteiger partial charge in [0.25, 0.3) is 0 Å². The monoisotopic (exact) mass is 381 g/mol. The molecule has 0 aliphatic carbocycles. The molecule has 27 heavy (non-hydrogen) atoms. The van der Waals surface area contributed by atoms with Gasteiger partial charge < -0.3 is 15.2 Å². The highest BCUT2D eigenvalue weighted by Gasteiger charge is 2.41. The van der Waals surface area contributed by atoms with Crippen LogP contribution in [0.1, 0.15) is 12.6 Å². The molecule has 1 unspecified atom stereocenters. The van der Waals surface area contributed by atoms with Crippen LogP contribution in [-0.4, -0.2) is 72.7 Å². The lowest BCUT2D eigenvalue weighted by Crippen LogP contribution is -2.56. The number of aliphatic imine (C=N–C) groups is 1. The summed E-state index contributed by atoms with van der Waals surface area (Å²) in [6.07, 6.45) is -3.36. The number of H-pyrrole nitrogens is 1. The van der Waals surface area contributed by atoms with Crippen LogP contribution in [-0.2, 0) is 6.42 Å². The van der Waals surface area contributed by atoms with Gasteiger partial charge in [-0.25, -0.2) is 0 Å². The van der Waals surface area contributed by atoms with Crippen LogP contribution in [0.4, 0.5) is 13.2 Å². The van der Waals surface area contributed by atoms with Gasteiger partial charge in [-0.05, 0) is 24.4 Å². The lowest BCUT2D eigenvalue weighted by Gasteiger charge is -2.39. The number of nitrogens with zero attached hydrogens (tertiary/aromatic N) is 3. The molecule has 0 bridgehead atoms. The zero-order valence-electron chi connectivity index (χ0n) is 15.7. The van der Waals surface area contributed by atoms with Crippen LogP contribution in [0, 0.1) is 0 Å². The van der Waals surface area contributed by atoms with Crippen molar-refractivity contribution in [3.63, 3.8) is 0 Å². The smallest absolute Gasteiger partial charge is 0.358 e. The summed E-state index contributed by atoms with van der Waals surface area (Å²) in [5.74, 6) is 0.741. The van der Waals surface area contributed by atoms with Gasteiger partial charge >= 0.3 is 6.18 Å². The van der Waals surface area contributed by atoms with E-state index in [1.54, 1.807) is 7.05 Å². The highest BCUT2D eigenvalue weighted by atomic mass is 19.4. The van der Waals surface area contributed by atoms with E-state index in [1.165, 1.54) is 17.2 Å². The van der Waals surface area contributed by atoms with Crippen molar-refractivity contribution in [3.05, 3.63) is 36.0 Å². The van der Waals surface area contributed by atoms with Crippen LogP contribution in [0.2, 0.25) is 0 Å². The summed E-state index contributed by atoms with van der Waals surface area (Å²) < 4.78 is 38.6. The third-order valence-electron chi connectivity index (χ3n) is 5.11. The normalized spacial score (nSPS) is 18.1. The average Bonchev–Trinajstić information content (AvgIpc) is 3.07. The van der Waals surface area contributed by atoms with Crippen molar-refractivity contribution in [2.75, 3.05) is 39.8 Å². The van der Waals surface area contributed by atoms with Crippen LogP contribution in [0.25, 0.3) is 10.9 Å². The van der Waals surface area contributed by atoms with E-state index in [1.807, 2.05) is 23.1 Å². The van der Waals surface area contributed by atoms with Crippen LogP contribution in [0.3, 0.4) is 0 Å². The maximum absolute atomic E-state index is 12.9. The second-order valence-corrected chi connectivity index (χ2v) is 6.85. The van der Waals surface area contributed by atoms with E-state index < -0.39 is 12.2 Å². The first-order valence-electron chi connectivity index (χ1n) is 9.21. The summed E-state index contributed by atoms with van der Waals surface area (Å²) in [5, 5.41) is 4.51. The van der Waals surface area contributed by atoms with E-state index in [0.29, 0.717) is 32.7 Å². The topological polar surface area (TPSA) is 46.7 Å². The average molecular weight is 381 g/mol. The largest absolute Gasteiger partial charge is 0.403 e. The molecule has 1 atom stereocenters. The summed E-state index contributed by atoms with van der Waals surface area (Å²) in [4.78, 5) is 11.2. The predicted octanol–water partition coefficient (Wildman–Crippen LogP) is 2.85. The van der Waals surface area contributed by atoms with Crippen LogP contribution in [0.15, 0.2) is 35.3 Å². The quantitative estimate of drug-likeness (QED) is 0.632. The molecule has 0 amide bonds. The molecule has 8 heteroatoms. The Balaban J connectivity index is 1.48. The molecule has 2 N–H and O–H groups in total. The van der Waals surface area contributed by atoms with E-state index >= 15 is 0 Å². The Kier molecular flexibility index (Phi) is 5.94. The van der Waals surface area contributed by atoms with Gasteiger partial charge in [0.15, 0.2) is 5.96 Å². The summed E-state index contributed by atoms with van der Waals surface area (Å²) >= 11 is 0. The van der Waals surface area contributed by atoms with E-state index in [4.69, 9.17) is 0 Å². The lowest BCUT2D eigenvalue weighted by atomic mass is 10.2. The highest BCUT2D eigenvalue weighted by Crippen LogP contribution is 2.25. The fourth-order valence-corrected chi connectivity index (χ4v) is 3.44. The molecule has 3 rings (SSSR count). The summed E-state index contributed by atoms with van der Waals surface area (Å²) in [6.45, 7) is 3.76. The minimum absolute atomic E-state index is 0.378. The maximum atomic E-state index is 12.9. The number of halogens is 3. The third-order valence-corrected chi connectivity index (χ3v) is 5.11. The molecular weight excluding hydrogens is 355 g/mol. The van der Waals surface area contributed by atoms with E-state index in [0.717, 1.165) is 23.6 Å². The van der Waals surface area contributed by atoms with Crippen molar-refractivity contribution in [1.29, 1.82) is 0 Å². The Morgan fingerprint density at radius 3 is 2.56 bits per heavy atom. The molecule has 1 aliphatic rings. The SMILES string of the molecule is CN=C(NCCc1cc2ccccc2[nH]1)N1CCN(C(C)C(F)(F)F)CC1. The van der Waals surface area contributed by atoms with E-state index in [2.05, 4.69) is 27.4 Å². The minimum Gasteiger partial charge on any atom is -0.358 e. The zero-order valence-corrected chi connectivity index (χ0v) is 15.7. The molecule has 1 aromatic heterocycles. The molecule has 1 aromatic carbocycles. The number of nitrogens with one attached hydrogen (secondary N) is 2. The number of fused-ring (bicyclic) bond motifs is 1. The number of hydrogen-bond acceptors (Lipinski definition) is 2. The standard InChI is InChI=1S/C19H26F3N5/c1-14(19(20,21)22)26-9-11-27(12-10-26)18(23-2)24-8-7-16-13-15-5-3-4-6-17(15)25-16/h3-6,13-14,25H,7-12H2,1-2H3,(H,23,24). The maximum Gasteiger partial charge on any atom is 0.403 e. The molecule has 2 heterocycles. The second kappa shape index (κ2) is 8.21. The van der Waals surface area contributed by atoms with Crippen LogP contribution in [0.5, 0.6) is 0 Å². The number of guanidine groups is 1. The Morgan fingerprint density at radius 2 is 1.93 bits per heavy atom. The summed E-state index contributed by atoms with van der Waals surface area (Å²) in [7, 11) is 1.70. The number of rotatable bonds is 4. The molecular formula is C19H26F3N5. The first-order valence-corrected chi connectivity index (χ1v) is 9.21. The first kappa shape index (κ1) is 19.5. The molecule has 1 fully saturated rings. The van der Waals surface area contributed by atoms with Gasteiger partial charge in [-0.1, -0.05) is 18.2 Å². The van der Waals surface area contributed by atoms with Gasteiger partial charge in [0.1, 0.15) is 6.04 Å². The molecule has 1 saturated heterocycles. The van der Waals surface area contributed by atoms with Crippen molar-refractivity contribution < 1.29 is 13.2 Å². The Morgan fingerprint density at radius 1 is 1.22 bits per heavy atom. The molecule has 0 radical (unpaired) electrons. The highest BCUT2D eigenvalue weighted by molar-refractivity contribution is 5.81. The number of hydrogen-bond donors (Lipinski definition) is 2. The minimum atomic E-state index is -4.18. The lowest BCUT2D eigenvalue weighted by molar-refractivity contribution is -0.181. The number of benzene rings is 1. The Hall–Kier alpha value is -2.22. The van der Waals surface area contributed by atoms with Gasteiger partial charge in [0, 0.05) is 57.4 Å².